The summed E-state index contributed by atoms with van der Waals surface area (Å²) in [6, 6.07) is 17.3. The van der Waals surface area contributed by atoms with E-state index < -0.39 is 17.2 Å². The zero-order valence-corrected chi connectivity index (χ0v) is 21.4. The molecule has 0 radical (unpaired) electrons. The van der Waals surface area contributed by atoms with Gasteiger partial charge in [0.25, 0.3) is 5.91 Å². The maximum Gasteiger partial charge on any atom is 0.290 e. The Labute approximate surface area is 215 Å². The molecule has 1 amide bonds. The lowest BCUT2D eigenvalue weighted by Crippen LogP contribution is -2.49. The van der Waals surface area contributed by atoms with E-state index in [0.717, 1.165) is 5.56 Å². The number of hydrogen-bond acceptors (Lipinski definition) is 7. The van der Waals surface area contributed by atoms with Crippen LogP contribution in [0.3, 0.4) is 0 Å². The first-order valence-electron chi connectivity index (χ1n) is 11.6. The van der Waals surface area contributed by atoms with Crippen LogP contribution in [-0.4, -0.2) is 50.1 Å². The standard InChI is InChI=1S/C29H29NO7/c1-18-13-22(35-3)10-11-23(18)27(32)29(20-9-12-25(36-4)26(15-20)37-5)16-24(31)28(33)30(29)17-19-7-6-8-21(14-19)34-2/h6-16,31H,17H2,1-5H3. The second-order valence-corrected chi connectivity index (χ2v) is 8.62. The predicted octanol–water partition coefficient (Wildman–Crippen LogP) is 4.59. The average Bonchev–Trinajstić information content (AvgIpc) is 3.18. The Morgan fingerprint density at radius 1 is 0.865 bits per heavy atom. The van der Waals surface area contributed by atoms with Crippen molar-refractivity contribution >= 4 is 11.7 Å². The van der Waals surface area contributed by atoms with Crippen LogP contribution in [0.4, 0.5) is 0 Å². The van der Waals surface area contributed by atoms with Crippen LogP contribution in [-0.2, 0) is 16.9 Å². The summed E-state index contributed by atoms with van der Waals surface area (Å²) in [4.78, 5) is 29.2. The van der Waals surface area contributed by atoms with E-state index in [2.05, 4.69) is 0 Å². The number of ether oxygens (including phenoxy) is 4. The Hall–Kier alpha value is -4.46. The highest BCUT2D eigenvalue weighted by atomic mass is 16.5. The molecule has 8 nitrogen and oxygen atoms in total. The molecule has 0 aromatic heterocycles. The number of Topliss-reactive ketones (excluding diaryl/α,β-unsaturated/α-hetero) is 1. The van der Waals surface area contributed by atoms with Crippen molar-refractivity contribution in [2.75, 3.05) is 28.4 Å². The fourth-order valence-electron chi connectivity index (χ4n) is 4.64. The van der Waals surface area contributed by atoms with Crippen molar-refractivity contribution in [2.45, 2.75) is 19.0 Å². The molecule has 1 atom stereocenters. The number of aryl methyl sites for hydroxylation is 1. The molecule has 8 heteroatoms. The molecule has 0 saturated heterocycles. The van der Waals surface area contributed by atoms with E-state index in [0.29, 0.717) is 39.7 Å². The first-order chi connectivity index (χ1) is 17.8. The molecule has 1 N–H and O–H groups in total. The van der Waals surface area contributed by atoms with Crippen LogP contribution in [0.25, 0.3) is 0 Å². The van der Waals surface area contributed by atoms with Crippen molar-refractivity contribution in [3.63, 3.8) is 0 Å². The summed E-state index contributed by atoms with van der Waals surface area (Å²) in [7, 11) is 6.11. The van der Waals surface area contributed by atoms with Crippen LogP contribution >= 0.6 is 0 Å². The molecule has 1 aliphatic rings. The van der Waals surface area contributed by atoms with Gasteiger partial charge in [0.1, 0.15) is 11.5 Å². The summed E-state index contributed by atoms with van der Waals surface area (Å²) in [5.74, 6) is 0.478. The number of methoxy groups -OCH3 is 4. The Bertz CT molecular complexity index is 1380. The predicted molar refractivity (Wildman–Crippen MR) is 138 cm³/mol. The van der Waals surface area contributed by atoms with Crippen molar-refractivity contribution in [2.24, 2.45) is 0 Å². The van der Waals surface area contributed by atoms with E-state index in [4.69, 9.17) is 18.9 Å². The lowest BCUT2D eigenvalue weighted by Gasteiger charge is -2.37. The molecule has 0 saturated carbocycles. The van der Waals surface area contributed by atoms with Crippen LogP contribution in [0.2, 0.25) is 0 Å². The zero-order valence-electron chi connectivity index (χ0n) is 21.4. The summed E-state index contributed by atoms with van der Waals surface area (Å²) in [6.45, 7) is 1.83. The van der Waals surface area contributed by atoms with E-state index in [1.807, 2.05) is 6.07 Å². The number of ketones is 1. The molecular weight excluding hydrogens is 474 g/mol. The molecular formula is C29H29NO7. The Morgan fingerprint density at radius 3 is 2.22 bits per heavy atom. The minimum atomic E-state index is -1.66. The smallest absolute Gasteiger partial charge is 0.290 e. The topological polar surface area (TPSA) is 94.5 Å². The van der Waals surface area contributed by atoms with Gasteiger partial charge < -0.3 is 29.0 Å². The molecule has 0 bridgehead atoms. The molecule has 0 fully saturated rings. The Kier molecular flexibility index (Phi) is 7.11. The van der Waals surface area contributed by atoms with E-state index in [-0.39, 0.29) is 12.3 Å². The van der Waals surface area contributed by atoms with Crippen LogP contribution in [0.5, 0.6) is 23.0 Å². The van der Waals surface area contributed by atoms with Gasteiger partial charge in [0.2, 0.25) is 0 Å². The van der Waals surface area contributed by atoms with Crippen LogP contribution in [0.15, 0.2) is 72.5 Å². The van der Waals surface area contributed by atoms with Crippen LogP contribution in [0, 0.1) is 6.92 Å². The third-order valence-corrected chi connectivity index (χ3v) is 6.56. The first-order valence-corrected chi connectivity index (χ1v) is 11.6. The van der Waals surface area contributed by atoms with Crippen LogP contribution < -0.4 is 18.9 Å². The molecule has 1 unspecified atom stereocenters. The zero-order chi connectivity index (χ0) is 26.7. The van der Waals surface area contributed by atoms with Gasteiger partial charge in [-0.2, -0.15) is 0 Å². The lowest BCUT2D eigenvalue weighted by atomic mass is 9.80. The first kappa shape index (κ1) is 25.6. The molecule has 3 aromatic rings. The summed E-state index contributed by atoms with van der Waals surface area (Å²) >= 11 is 0. The van der Waals surface area contributed by atoms with E-state index in [1.54, 1.807) is 75.7 Å². The number of aliphatic hydroxyl groups is 1. The number of nitrogens with zero attached hydrogens (tertiary/aromatic N) is 1. The van der Waals surface area contributed by atoms with Gasteiger partial charge >= 0.3 is 0 Å². The van der Waals surface area contributed by atoms with Gasteiger partial charge in [0.05, 0.1) is 28.4 Å². The maximum absolute atomic E-state index is 14.5. The highest BCUT2D eigenvalue weighted by molar-refractivity contribution is 6.12. The molecule has 1 heterocycles. The Morgan fingerprint density at radius 2 is 1.57 bits per heavy atom. The third-order valence-electron chi connectivity index (χ3n) is 6.56. The monoisotopic (exact) mass is 503 g/mol. The second kappa shape index (κ2) is 10.3. The quantitative estimate of drug-likeness (QED) is 0.427. The van der Waals surface area contributed by atoms with Gasteiger partial charge in [-0.25, -0.2) is 0 Å². The van der Waals surface area contributed by atoms with Gasteiger partial charge in [0, 0.05) is 18.2 Å². The van der Waals surface area contributed by atoms with Crippen LogP contribution in [0.1, 0.15) is 27.0 Å². The highest BCUT2D eigenvalue weighted by Crippen LogP contribution is 2.44. The molecule has 3 aromatic carbocycles. The number of carbonyl (C=O) groups is 2. The molecule has 0 spiro atoms. The van der Waals surface area contributed by atoms with Gasteiger partial charge in [-0.15, -0.1) is 0 Å². The van der Waals surface area contributed by atoms with Gasteiger partial charge in [-0.3, -0.25) is 9.59 Å². The Balaban J connectivity index is 1.95. The second-order valence-electron chi connectivity index (χ2n) is 8.62. The number of rotatable bonds is 9. The molecule has 192 valence electrons. The minimum absolute atomic E-state index is 0.0336. The van der Waals surface area contributed by atoms with Crippen molar-refractivity contribution in [1.82, 2.24) is 4.90 Å². The lowest BCUT2D eigenvalue weighted by molar-refractivity contribution is -0.131. The normalized spacial score (nSPS) is 16.8. The largest absolute Gasteiger partial charge is 0.503 e. The summed E-state index contributed by atoms with van der Waals surface area (Å²) in [5.41, 5.74) is 0.539. The highest BCUT2D eigenvalue weighted by Gasteiger charge is 2.53. The van der Waals surface area contributed by atoms with Crippen molar-refractivity contribution in [1.29, 1.82) is 0 Å². The number of carbonyl (C=O) groups excluding carboxylic acids is 2. The van der Waals surface area contributed by atoms with Gasteiger partial charge in [-0.05, 0) is 66.1 Å². The SMILES string of the molecule is COc1cccc(CN2C(=O)C(O)=CC2(C(=O)c2ccc(OC)cc2C)c2ccc(OC)c(OC)c2)c1. The van der Waals surface area contributed by atoms with E-state index in [1.165, 1.54) is 25.2 Å². The molecule has 37 heavy (non-hydrogen) atoms. The molecule has 4 rings (SSSR count). The van der Waals surface area contributed by atoms with Gasteiger partial charge in [0.15, 0.2) is 28.6 Å². The molecule has 0 aliphatic carbocycles. The number of aliphatic hydroxyl groups excluding tert-OH is 1. The van der Waals surface area contributed by atoms with Gasteiger partial charge in [-0.1, -0.05) is 18.2 Å². The maximum atomic E-state index is 14.5. The number of hydrogen-bond donors (Lipinski definition) is 1. The number of amides is 1. The van der Waals surface area contributed by atoms with Crippen molar-refractivity contribution < 1.29 is 33.6 Å². The molecule has 1 aliphatic heterocycles. The summed E-state index contributed by atoms with van der Waals surface area (Å²) in [6.07, 6.45) is 1.31. The number of benzene rings is 3. The minimum Gasteiger partial charge on any atom is -0.503 e. The fourth-order valence-corrected chi connectivity index (χ4v) is 4.64. The van der Waals surface area contributed by atoms with Crippen molar-refractivity contribution in [3.05, 3.63) is 94.8 Å². The summed E-state index contributed by atoms with van der Waals surface area (Å²) < 4.78 is 21.5. The van der Waals surface area contributed by atoms with Crippen molar-refractivity contribution in [3.8, 4) is 23.0 Å². The fraction of sp³-hybridized carbons (Fsp3) is 0.241. The summed E-state index contributed by atoms with van der Waals surface area (Å²) in [5, 5.41) is 10.7. The average molecular weight is 504 g/mol. The van der Waals surface area contributed by atoms with E-state index >= 15 is 0 Å². The van der Waals surface area contributed by atoms with E-state index in [9.17, 15) is 14.7 Å². The third kappa shape index (κ3) is 4.46.